The van der Waals surface area contributed by atoms with Crippen molar-refractivity contribution in [1.82, 2.24) is 4.90 Å². The van der Waals surface area contributed by atoms with Crippen LogP contribution in [0.3, 0.4) is 0 Å². The minimum absolute atomic E-state index is 0.0738. The molecule has 0 radical (unpaired) electrons. The van der Waals surface area contributed by atoms with Crippen LogP contribution in [0.1, 0.15) is 43.5 Å². The molecule has 1 aromatic carbocycles. The molecule has 1 N–H and O–H groups in total. The zero-order chi connectivity index (χ0) is 14.7. The molecule has 1 fully saturated rings. The molecule has 0 aromatic heterocycles. The van der Waals surface area contributed by atoms with Crippen molar-refractivity contribution >= 4 is 17.5 Å². The molecule has 2 rings (SSSR count). The fourth-order valence-electron chi connectivity index (χ4n) is 2.84. The lowest BCUT2D eigenvalue weighted by Gasteiger charge is -2.22. The van der Waals surface area contributed by atoms with Gasteiger partial charge in [0, 0.05) is 13.1 Å². The van der Waals surface area contributed by atoms with E-state index in [1.54, 1.807) is 6.07 Å². The minimum atomic E-state index is -0.0738. The van der Waals surface area contributed by atoms with Crippen molar-refractivity contribution in [2.45, 2.75) is 33.1 Å². The number of hydrogen-bond donors (Lipinski definition) is 1. The Morgan fingerprint density at radius 2 is 2.10 bits per heavy atom. The van der Waals surface area contributed by atoms with Crippen molar-refractivity contribution in [3.8, 4) is 5.75 Å². The Labute approximate surface area is 125 Å². The summed E-state index contributed by atoms with van der Waals surface area (Å²) in [6, 6.07) is 4.52. The van der Waals surface area contributed by atoms with Gasteiger partial charge in [-0.25, -0.2) is 0 Å². The number of phenols is 1. The van der Waals surface area contributed by atoms with Gasteiger partial charge in [-0.1, -0.05) is 25.4 Å². The number of carbonyl (C=O) groups is 1. The molecule has 4 heteroatoms. The Morgan fingerprint density at radius 1 is 1.35 bits per heavy atom. The fraction of sp³-hybridized carbons (Fsp3) is 0.562. The summed E-state index contributed by atoms with van der Waals surface area (Å²) in [6.45, 7) is 6.03. The second-order valence-electron chi connectivity index (χ2n) is 5.89. The summed E-state index contributed by atoms with van der Waals surface area (Å²) < 4.78 is 0. The first kappa shape index (κ1) is 15.2. The van der Waals surface area contributed by atoms with Gasteiger partial charge >= 0.3 is 0 Å². The predicted molar refractivity (Wildman–Crippen MR) is 81.2 cm³/mol. The second kappa shape index (κ2) is 6.49. The highest BCUT2D eigenvalue weighted by atomic mass is 35.5. The average Bonchev–Trinajstić information content (AvgIpc) is 2.66. The number of phenolic OH excluding ortho intramolecular Hbond substituents is 1. The molecule has 1 atom stereocenters. The largest absolute Gasteiger partial charge is 0.508 e. The molecule has 0 saturated carbocycles. The molecule has 0 bridgehead atoms. The van der Waals surface area contributed by atoms with E-state index >= 15 is 0 Å². The van der Waals surface area contributed by atoms with Crippen LogP contribution in [-0.2, 0) is 0 Å². The Morgan fingerprint density at radius 3 is 2.80 bits per heavy atom. The van der Waals surface area contributed by atoms with Gasteiger partial charge in [0.2, 0.25) is 0 Å². The number of hydrogen-bond acceptors (Lipinski definition) is 2. The van der Waals surface area contributed by atoms with Crippen LogP contribution in [-0.4, -0.2) is 29.0 Å². The monoisotopic (exact) mass is 295 g/mol. The lowest BCUT2D eigenvalue weighted by atomic mass is 9.89. The van der Waals surface area contributed by atoms with E-state index in [0.717, 1.165) is 25.9 Å². The van der Waals surface area contributed by atoms with Gasteiger partial charge in [-0.05, 0) is 49.3 Å². The topological polar surface area (TPSA) is 40.5 Å². The SMILES string of the molecule is CC(C)C1CCCN(C(=O)c2cc(O)ccc2Cl)CC1. The van der Waals surface area contributed by atoms with Crippen molar-refractivity contribution in [1.29, 1.82) is 0 Å². The molecule has 0 spiro atoms. The average molecular weight is 296 g/mol. The van der Waals surface area contributed by atoms with Crippen molar-refractivity contribution in [3.63, 3.8) is 0 Å². The standard InChI is InChI=1S/C16H22ClNO2/c1-11(2)12-4-3-8-18(9-7-12)16(20)14-10-13(19)5-6-15(14)17/h5-6,10-12,19H,3-4,7-9H2,1-2H3. The van der Waals surface area contributed by atoms with Crippen LogP contribution in [0, 0.1) is 11.8 Å². The zero-order valence-corrected chi connectivity index (χ0v) is 12.9. The fourth-order valence-corrected chi connectivity index (χ4v) is 3.04. The number of benzene rings is 1. The van der Waals surface area contributed by atoms with E-state index in [-0.39, 0.29) is 11.7 Å². The Balaban J connectivity index is 2.11. The second-order valence-corrected chi connectivity index (χ2v) is 6.30. The summed E-state index contributed by atoms with van der Waals surface area (Å²) in [7, 11) is 0. The number of aromatic hydroxyl groups is 1. The van der Waals surface area contributed by atoms with Crippen molar-refractivity contribution in [3.05, 3.63) is 28.8 Å². The highest BCUT2D eigenvalue weighted by Crippen LogP contribution is 2.27. The summed E-state index contributed by atoms with van der Waals surface area (Å²) in [5.41, 5.74) is 0.398. The molecular weight excluding hydrogens is 274 g/mol. The number of likely N-dealkylation sites (tertiary alicyclic amines) is 1. The highest BCUT2D eigenvalue weighted by Gasteiger charge is 2.24. The number of carbonyl (C=O) groups excluding carboxylic acids is 1. The van der Waals surface area contributed by atoms with E-state index < -0.39 is 0 Å². The Kier molecular flexibility index (Phi) is 4.92. The lowest BCUT2D eigenvalue weighted by molar-refractivity contribution is 0.0758. The maximum atomic E-state index is 12.5. The smallest absolute Gasteiger partial charge is 0.255 e. The number of nitrogens with zero attached hydrogens (tertiary/aromatic N) is 1. The molecule has 1 amide bonds. The molecule has 110 valence electrons. The molecule has 1 aliphatic rings. The van der Waals surface area contributed by atoms with E-state index in [9.17, 15) is 9.90 Å². The predicted octanol–water partition coefficient (Wildman–Crippen LogP) is 3.94. The van der Waals surface area contributed by atoms with Crippen molar-refractivity contribution in [2.24, 2.45) is 11.8 Å². The van der Waals surface area contributed by atoms with Gasteiger partial charge in [0.25, 0.3) is 5.91 Å². The maximum Gasteiger partial charge on any atom is 0.255 e. The minimum Gasteiger partial charge on any atom is -0.508 e. The van der Waals surface area contributed by atoms with Crippen LogP contribution in [0.5, 0.6) is 5.75 Å². The number of amides is 1. The van der Waals surface area contributed by atoms with Gasteiger partial charge in [0.1, 0.15) is 5.75 Å². The lowest BCUT2D eigenvalue weighted by Crippen LogP contribution is -2.32. The van der Waals surface area contributed by atoms with Crippen molar-refractivity contribution in [2.75, 3.05) is 13.1 Å². The van der Waals surface area contributed by atoms with Crippen molar-refractivity contribution < 1.29 is 9.90 Å². The first-order valence-electron chi connectivity index (χ1n) is 7.27. The number of halogens is 1. The quantitative estimate of drug-likeness (QED) is 0.897. The summed E-state index contributed by atoms with van der Waals surface area (Å²) >= 11 is 6.07. The third kappa shape index (κ3) is 3.45. The van der Waals surface area contributed by atoms with Crippen LogP contribution in [0.2, 0.25) is 5.02 Å². The molecule has 0 aliphatic carbocycles. The van der Waals surface area contributed by atoms with Gasteiger partial charge in [-0.3, -0.25) is 4.79 Å². The first-order valence-corrected chi connectivity index (χ1v) is 7.64. The molecular formula is C16H22ClNO2. The molecule has 1 aromatic rings. The van der Waals surface area contributed by atoms with Gasteiger partial charge in [0.05, 0.1) is 10.6 Å². The number of rotatable bonds is 2. The van der Waals surface area contributed by atoms with Crippen LogP contribution in [0.4, 0.5) is 0 Å². The first-order chi connectivity index (χ1) is 9.49. The summed E-state index contributed by atoms with van der Waals surface area (Å²) in [4.78, 5) is 14.4. The van der Waals surface area contributed by atoms with Gasteiger partial charge in [-0.15, -0.1) is 0 Å². The molecule has 20 heavy (non-hydrogen) atoms. The highest BCUT2D eigenvalue weighted by molar-refractivity contribution is 6.33. The third-order valence-corrected chi connectivity index (χ3v) is 4.51. The van der Waals surface area contributed by atoms with Crippen LogP contribution in [0.15, 0.2) is 18.2 Å². The van der Waals surface area contributed by atoms with E-state index in [0.29, 0.717) is 22.4 Å². The third-order valence-electron chi connectivity index (χ3n) is 4.18. The van der Waals surface area contributed by atoms with Crippen LogP contribution < -0.4 is 0 Å². The maximum absolute atomic E-state index is 12.5. The normalized spacial score (nSPS) is 20.0. The Hall–Kier alpha value is -1.22. The van der Waals surface area contributed by atoms with Crippen LogP contribution in [0.25, 0.3) is 0 Å². The molecule has 1 aliphatic heterocycles. The summed E-state index contributed by atoms with van der Waals surface area (Å²) in [5.74, 6) is 1.35. The Bertz CT molecular complexity index is 487. The van der Waals surface area contributed by atoms with Gasteiger partial charge < -0.3 is 10.0 Å². The zero-order valence-electron chi connectivity index (χ0n) is 12.1. The summed E-state index contributed by atoms with van der Waals surface area (Å²) in [6.07, 6.45) is 3.25. The molecule has 1 heterocycles. The van der Waals surface area contributed by atoms with Gasteiger partial charge in [0.15, 0.2) is 0 Å². The summed E-state index contributed by atoms with van der Waals surface area (Å²) in [5, 5.41) is 9.93. The van der Waals surface area contributed by atoms with Gasteiger partial charge in [-0.2, -0.15) is 0 Å². The van der Waals surface area contributed by atoms with E-state index in [4.69, 9.17) is 11.6 Å². The van der Waals surface area contributed by atoms with E-state index in [1.807, 2.05) is 4.90 Å². The van der Waals surface area contributed by atoms with E-state index in [1.165, 1.54) is 18.6 Å². The molecule has 1 saturated heterocycles. The molecule has 3 nitrogen and oxygen atoms in total. The van der Waals surface area contributed by atoms with Crippen LogP contribution >= 0.6 is 11.6 Å². The molecule has 1 unspecified atom stereocenters. The van der Waals surface area contributed by atoms with E-state index in [2.05, 4.69) is 13.8 Å².